The van der Waals surface area contributed by atoms with Gasteiger partial charge >= 0.3 is 0 Å². The fourth-order valence-electron chi connectivity index (χ4n) is 1.52. The number of halogens is 2. The SMILES string of the molecule is CC(C)(C)[Si](C)(C)Oc1c(Br)oc2cc(Cl)ccc12. The van der Waals surface area contributed by atoms with E-state index in [0.29, 0.717) is 9.69 Å². The Morgan fingerprint density at radius 2 is 1.89 bits per heavy atom. The molecule has 2 rings (SSSR count). The Hall–Kier alpha value is -0.453. The van der Waals surface area contributed by atoms with Gasteiger partial charge in [-0.2, -0.15) is 0 Å². The Bertz CT molecular complexity index is 614. The summed E-state index contributed by atoms with van der Waals surface area (Å²) in [6, 6.07) is 5.60. The quantitative estimate of drug-likeness (QED) is 0.591. The highest BCUT2D eigenvalue weighted by molar-refractivity contribution is 9.10. The Morgan fingerprint density at radius 1 is 1.26 bits per heavy atom. The Morgan fingerprint density at radius 3 is 2.47 bits per heavy atom. The zero-order chi connectivity index (χ0) is 14.4. The van der Waals surface area contributed by atoms with Gasteiger partial charge in [0.15, 0.2) is 5.75 Å². The van der Waals surface area contributed by atoms with Crippen LogP contribution in [0.3, 0.4) is 0 Å². The molecule has 0 aliphatic carbocycles. The lowest BCUT2D eigenvalue weighted by atomic mass is 10.2. The standard InChI is InChI=1S/C14H18BrClO2Si/c1-14(2,3)19(4,5)18-12-10-7-6-9(16)8-11(10)17-13(12)15/h6-8H,1-5H3. The number of hydrogen-bond acceptors (Lipinski definition) is 2. The molecule has 0 saturated carbocycles. The molecule has 19 heavy (non-hydrogen) atoms. The van der Waals surface area contributed by atoms with Crippen molar-refractivity contribution in [2.24, 2.45) is 0 Å². The Labute approximate surface area is 128 Å². The first-order chi connectivity index (χ1) is 8.62. The van der Waals surface area contributed by atoms with E-state index in [1.807, 2.05) is 12.1 Å². The molecular formula is C14H18BrClO2Si. The minimum absolute atomic E-state index is 0.141. The van der Waals surface area contributed by atoms with E-state index >= 15 is 0 Å². The highest BCUT2D eigenvalue weighted by Crippen LogP contribution is 2.43. The molecule has 0 unspecified atom stereocenters. The molecule has 0 atom stereocenters. The number of furan rings is 1. The van der Waals surface area contributed by atoms with E-state index in [4.69, 9.17) is 20.4 Å². The van der Waals surface area contributed by atoms with Gasteiger partial charge in [0.2, 0.25) is 4.67 Å². The number of fused-ring (bicyclic) bond motifs is 1. The van der Waals surface area contributed by atoms with Crippen LogP contribution in [0.25, 0.3) is 11.0 Å². The summed E-state index contributed by atoms with van der Waals surface area (Å²) < 4.78 is 12.6. The van der Waals surface area contributed by atoms with Crippen molar-refractivity contribution in [3.05, 3.63) is 27.9 Å². The van der Waals surface area contributed by atoms with E-state index < -0.39 is 8.32 Å². The van der Waals surface area contributed by atoms with Gasteiger partial charge in [-0.25, -0.2) is 0 Å². The summed E-state index contributed by atoms with van der Waals surface area (Å²) in [7, 11) is -1.89. The van der Waals surface area contributed by atoms with E-state index in [1.54, 1.807) is 6.07 Å². The molecular weight excluding hydrogens is 344 g/mol. The van der Waals surface area contributed by atoms with Crippen LogP contribution < -0.4 is 4.43 Å². The van der Waals surface area contributed by atoms with Crippen LogP contribution in [0.1, 0.15) is 20.8 Å². The van der Waals surface area contributed by atoms with E-state index in [-0.39, 0.29) is 5.04 Å². The van der Waals surface area contributed by atoms with Gasteiger partial charge in [0, 0.05) is 11.1 Å². The van der Waals surface area contributed by atoms with Crippen molar-refractivity contribution in [3.8, 4) is 5.75 Å². The molecule has 2 aromatic rings. The molecule has 0 fully saturated rings. The average Bonchev–Trinajstić information content (AvgIpc) is 2.52. The molecule has 0 N–H and O–H groups in total. The summed E-state index contributed by atoms with van der Waals surface area (Å²) in [6.45, 7) is 11.1. The highest BCUT2D eigenvalue weighted by Gasteiger charge is 2.40. The molecule has 0 saturated heterocycles. The summed E-state index contributed by atoms with van der Waals surface area (Å²) in [5, 5.41) is 1.76. The van der Waals surface area contributed by atoms with E-state index in [9.17, 15) is 0 Å². The molecule has 0 radical (unpaired) electrons. The van der Waals surface area contributed by atoms with Gasteiger partial charge in [0.05, 0.1) is 5.39 Å². The average molecular weight is 362 g/mol. The van der Waals surface area contributed by atoms with Gasteiger partial charge in [-0.05, 0) is 46.2 Å². The van der Waals surface area contributed by atoms with Crippen LogP contribution in [0.15, 0.2) is 27.3 Å². The van der Waals surface area contributed by atoms with Crippen molar-refractivity contribution in [1.82, 2.24) is 0 Å². The Balaban J connectivity index is 2.49. The number of benzene rings is 1. The molecule has 0 aliphatic rings. The third-order valence-corrected chi connectivity index (χ3v) is 8.81. The van der Waals surface area contributed by atoms with Crippen molar-refractivity contribution in [3.63, 3.8) is 0 Å². The molecule has 1 aromatic carbocycles. The number of rotatable bonds is 2. The third-order valence-electron chi connectivity index (χ3n) is 3.73. The lowest BCUT2D eigenvalue weighted by molar-refractivity contribution is 0.473. The van der Waals surface area contributed by atoms with Gasteiger partial charge in [0.1, 0.15) is 5.58 Å². The van der Waals surface area contributed by atoms with Crippen molar-refractivity contribution in [2.75, 3.05) is 0 Å². The molecule has 0 bridgehead atoms. The molecule has 104 valence electrons. The lowest BCUT2D eigenvalue weighted by Crippen LogP contribution is -2.43. The van der Waals surface area contributed by atoms with E-state index in [0.717, 1.165) is 16.7 Å². The predicted molar refractivity (Wildman–Crippen MR) is 86.7 cm³/mol. The largest absolute Gasteiger partial charge is 0.540 e. The second-order valence-electron chi connectivity index (χ2n) is 6.21. The van der Waals surface area contributed by atoms with Gasteiger partial charge in [0.25, 0.3) is 8.32 Å². The molecule has 0 spiro atoms. The molecule has 0 amide bonds. The van der Waals surface area contributed by atoms with Crippen molar-refractivity contribution >= 4 is 46.8 Å². The predicted octanol–water partition coefficient (Wildman–Crippen LogP) is 6.23. The topological polar surface area (TPSA) is 22.4 Å². The van der Waals surface area contributed by atoms with E-state index in [2.05, 4.69) is 49.8 Å². The molecule has 2 nitrogen and oxygen atoms in total. The molecule has 0 aliphatic heterocycles. The zero-order valence-corrected chi connectivity index (χ0v) is 15.1. The maximum Gasteiger partial charge on any atom is 0.250 e. The second kappa shape index (κ2) is 4.83. The molecule has 5 heteroatoms. The normalized spacial score (nSPS) is 13.0. The Kier molecular flexibility index (Phi) is 3.80. The van der Waals surface area contributed by atoms with Crippen LogP contribution in [-0.2, 0) is 0 Å². The van der Waals surface area contributed by atoms with Crippen molar-refractivity contribution in [2.45, 2.75) is 38.9 Å². The molecule has 1 aromatic heterocycles. The van der Waals surface area contributed by atoms with Gasteiger partial charge < -0.3 is 8.84 Å². The van der Waals surface area contributed by atoms with Crippen LogP contribution in [0.5, 0.6) is 5.75 Å². The first-order valence-electron chi connectivity index (χ1n) is 6.18. The second-order valence-corrected chi connectivity index (χ2v) is 12.1. The van der Waals surface area contributed by atoms with Gasteiger partial charge in [-0.3, -0.25) is 0 Å². The maximum absolute atomic E-state index is 6.35. The zero-order valence-electron chi connectivity index (χ0n) is 11.8. The summed E-state index contributed by atoms with van der Waals surface area (Å²) in [6.07, 6.45) is 0. The fraction of sp³-hybridized carbons (Fsp3) is 0.429. The van der Waals surface area contributed by atoms with Crippen molar-refractivity contribution < 1.29 is 8.84 Å². The van der Waals surface area contributed by atoms with Crippen LogP contribution in [0.2, 0.25) is 23.2 Å². The van der Waals surface area contributed by atoms with Gasteiger partial charge in [-0.15, -0.1) is 0 Å². The van der Waals surface area contributed by atoms with Crippen molar-refractivity contribution in [1.29, 1.82) is 0 Å². The smallest absolute Gasteiger partial charge is 0.250 e. The highest BCUT2D eigenvalue weighted by atomic mass is 79.9. The minimum Gasteiger partial charge on any atom is -0.540 e. The summed E-state index contributed by atoms with van der Waals surface area (Å²) in [5.74, 6) is 0.790. The monoisotopic (exact) mass is 360 g/mol. The van der Waals surface area contributed by atoms with Crippen LogP contribution in [0, 0.1) is 0 Å². The van der Waals surface area contributed by atoms with Crippen LogP contribution in [0.4, 0.5) is 0 Å². The van der Waals surface area contributed by atoms with Gasteiger partial charge in [-0.1, -0.05) is 32.4 Å². The van der Waals surface area contributed by atoms with Crippen LogP contribution >= 0.6 is 27.5 Å². The first-order valence-corrected chi connectivity index (χ1v) is 10.3. The summed E-state index contributed by atoms with van der Waals surface area (Å²) >= 11 is 9.42. The third kappa shape index (κ3) is 2.85. The summed E-state index contributed by atoms with van der Waals surface area (Å²) in [4.78, 5) is 0. The lowest BCUT2D eigenvalue weighted by Gasteiger charge is -2.36. The minimum atomic E-state index is -1.89. The first kappa shape index (κ1) is 14.9. The summed E-state index contributed by atoms with van der Waals surface area (Å²) in [5.41, 5.74) is 0.744. The van der Waals surface area contributed by atoms with E-state index in [1.165, 1.54) is 0 Å². The fourth-order valence-corrected chi connectivity index (χ4v) is 3.32. The van der Waals surface area contributed by atoms with Crippen LogP contribution in [-0.4, -0.2) is 8.32 Å². The number of hydrogen-bond donors (Lipinski definition) is 0. The maximum atomic E-state index is 6.35. The molecule has 1 heterocycles.